The van der Waals surface area contributed by atoms with Gasteiger partial charge in [-0.15, -0.1) is 0 Å². The largest absolute Gasteiger partial charge is 0.496 e. The molecule has 2 rings (SSSR count). The average Bonchev–Trinajstić information content (AvgIpc) is 2.56. The van der Waals surface area contributed by atoms with Crippen LogP contribution in [0.5, 0.6) is 11.6 Å². The second-order valence-corrected chi connectivity index (χ2v) is 4.92. The number of hydrogen-bond acceptors (Lipinski definition) is 4. The van der Waals surface area contributed by atoms with E-state index in [1.165, 1.54) is 7.11 Å². The third-order valence-electron chi connectivity index (χ3n) is 2.32. The normalized spacial score (nSPS) is 10.5. The molecule has 0 aliphatic heterocycles. The highest BCUT2D eigenvalue weighted by Crippen LogP contribution is 2.40. The van der Waals surface area contributed by atoms with Gasteiger partial charge in [-0.3, -0.25) is 9.78 Å². The summed E-state index contributed by atoms with van der Waals surface area (Å²) in [5.74, 6) is 0.430. The van der Waals surface area contributed by atoms with Gasteiger partial charge in [0.25, 0.3) is 0 Å². The Hall–Kier alpha value is -1.46. The minimum Gasteiger partial charge on any atom is -0.496 e. The van der Waals surface area contributed by atoms with Gasteiger partial charge in [0, 0.05) is 10.6 Å². The Morgan fingerprint density at radius 1 is 1.47 bits per heavy atom. The minimum absolute atomic E-state index is 0.167. The molecule has 4 nitrogen and oxygen atoms in total. The Kier molecular flexibility index (Phi) is 3.13. The number of rotatable bonds is 2. The molecule has 17 heavy (non-hydrogen) atoms. The van der Waals surface area contributed by atoms with E-state index in [-0.39, 0.29) is 10.8 Å². The fourth-order valence-corrected chi connectivity index (χ4v) is 2.69. The van der Waals surface area contributed by atoms with Crippen molar-refractivity contribution in [1.82, 2.24) is 4.98 Å². The third kappa shape index (κ3) is 2.16. The standard InChI is InChI=1S/C11H10ClNO3S/c1-5-3-6(12)4-7(8(5)16-2)9-10(14)13-11(15)17-9/h3-4,14H,1-2H3,(H,13,15). The van der Waals surface area contributed by atoms with Crippen LogP contribution in [0.25, 0.3) is 10.4 Å². The summed E-state index contributed by atoms with van der Waals surface area (Å²) in [6.45, 7) is 1.85. The van der Waals surface area contributed by atoms with Gasteiger partial charge in [-0.25, -0.2) is 0 Å². The van der Waals surface area contributed by atoms with E-state index in [0.29, 0.717) is 21.2 Å². The molecule has 90 valence electrons. The molecule has 0 bridgehead atoms. The van der Waals surface area contributed by atoms with Crippen molar-refractivity contribution < 1.29 is 9.84 Å². The maximum atomic E-state index is 11.2. The number of halogens is 1. The van der Waals surface area contributed by atoms with Crippen molar-refractivity contribution in [1.29, 1.82) is 0 Å². The molecular formula is C11H10ClNO3S. The molecule has 1 aromatic carbocycles. The van der Waals surface area contributed by atoms with Crippen molar-refractivity contribution in [3.63, 3.8) is 0 Å². The van der Waals surface area contributed by atoms with Gasteiger partial charge < -0.3 is 9.84 Å². The zero-order valence-electron chi connectivity index (χ0n) is 9.20. The van der Waals surface area contributed by atoms with Gasteiger partial charge in [0.2, 0.25) is 5.88 Å². The third-order valence-corrected chi connectivity index (χ3v) is 3.44. The molecule has 1 aromatic heterocycles. The van der Waals surface area contributed by atoms with E-state index >= 15 is 0 Å². The fourth-order valence-electron chi connectivity index (χ4n) is 1.67. The number of aromatic nitrogens is 1. The quantitative estimate of drug-likeness (QED) is 0.883. The SMILES string of the molecule is COc1c(C)cc(Cl)cc1-c1sc(=O)[nH]c1O. The molecule has 0 saturated heterocycles. The molecule has 0 atom stereocenters. The van der Waals surface area contributed by atoms with E-state index in [1.807, 2.05) is 6.92 Å². The number of ether oxygens (including phenoxy) is 1. The van der Waals surface area contributed by atoms with Crippen molar-refractivity contribution in [2.75, 3.05) is 7.11 Å². The highest BCUT2D eigenvalue weighted by atomic mass is 35.5. The van der Waals surface area contributed by atoms with Gasteiger partial charge in [0.15, 0.2) is 0 Å². The van der Waals surface area contributed by atoms with E-state index in [9.17, 15) is 9.90 Å². The van der Waals surface area contributed by atoms with Crippen LogP contribution in [0.3, 0.4) is 0 Å². The summed E-state index contributed by atoms with van der Waals surface area (Å²) in [4.78, 5) is 13.6. The predicted octanol–water partition coefficient (Wildman–Crippen LogP) is 2.78. The second kappa shape index (κ2) is 4.43. The van der Waals surface area contributed by atoms with Gasteiger partial charge in [-0.1, -0.05) is 22.9 Å². The van der Waals surface area contributed by atoms with Gasteiger partial charge in [0.05, 0.1) is 7.11 Å². The van der Waals surface area contributed by atoms with Crippen LogP contribution >= 0.6 is 22.9 Å². The zero-order valence-corrected chi connectivity index (χ0v) is 10.8. The molecule has 2 N–H and O–H groups in total. The van der Waals surface area contributed by atoms with Crippen LogP contribution in [0.4, 0.5) is 0 Å². The van der Waals surface area contributed by atoms with E-state index in [4.69, 9.17) is 16.3 Å². The molecule has 0 saturated carbocycles. The van der Waals surface area contributed by atoms with Gasteiger partial charge in [-0.05, 0) is 24.6 Å². The minimum atomic E-state index is -0.322. The first-order chi connectivity index (χ1) is 8.02. The Bertz CT molecular complexity index is 618. The number of hydrogen-bond donors (Lipinski definition) is 2. The van der Waals surface area contributed by atoms with Crippen LogP contribution in [0.1, 0.15) is 5.56 Å². The molecule has 0 spiro atoms. The predicted molar refractivity (Wildman–Crippen MR) is 68.3 cm³/mol. The number of aryl methyl sites for hydroxylation is 1. The molecule has 6 heteroatoms. The number of benzene rings is 1. The number of methoxy groups -OCH3 is 1. The highest BCUT2D eigenvalue weighted by Gasteiger charge is 2.16. The molecule has 0 aliphatic carbocycles. The zero-order chi connectivity index (χ0) is 12.6. The summed E-state index contributed by atoms with van der Waals surface area (Å²) in [7, 11) is 1.53. The number of thiazole rings is 1. The van der Waals surface area contributed by atoms with Crippen molar-refractivity contribution >= 4 is 22.9 Å². The number of aromatic amines is 1. The Balaban J connectivity index is 2.74. The number of H-pyrrole nitrogens is 1. The second-order valence-electron chi connectivity index (χ2n) is 3.50. The van der Waals surface area contributed by atoms with Crippen molar-refractivity contribution in [3.8, 4) is 22.1 Å². The van der Waals surface area contributed by atoms with Crippen LogP contribution in [-0.4, -0.2) is 17.2 Å². The van der Waals surface area contributed by atoms with E-state index in [0.717, 1.165) is 16.9 Å². The monoisotopic (exact) mass is 271 g/mol. The van der Waals surface area contributed by atoms with Crippen LogP contribution in [0, 0.1) is 6.92 Å². The van der Waals surface area contributed by atoms with Crippen LogP contribution in [-0.2, 0) is 0 Å². The summed E-state index contributed by atoms with van der Waals surface area (Å²) >= 11 is 6.88. The summed E-state index contributed by atoms with van der Waals surface area (Å²) in [5.41, 5.74) is 1.45. The fraction of sp³-hybridized carbons (Fsp3) is 0.182. The number of nitrogens with one attached hydrogen (secondary N) is 1. The van der Waals surface area contributed by atoms with Crippen molar-refractivity contribution in [2.45, 2.75) is 6.92 Å². The lowest BCUT2D eigenvalue weighted by molar-refractivity contribution is 0.412. The van der Waals surface area contributed by atoms with E-state index in [2.05, 4.69) is 4.98 Å². The maximum absolute atomic E-state index is 11.2. The van der Waals surface area contributed by atoms with Crippen LogP contribution in [0.15, 0.2) is 16.9 Å². The van der Waals surface area contributed by atoms with Gasteiger partial charge in [-0.2, -0.15) is 0 Å². The molecule has 1 heterocycles. The lowest BCUT2D eigenvalue weighted by atomic mass is 10.1. The first kappa shape index (κ1) is 12.0. The van der Waals surface area contributed by atoms with Crippen LogP contribution in [0.2, 0.25) is 5.02 Å². The first-order valence-electron chi connectivity index (χ1n) is 4.79. The lowest BCUT2D eigenvalue weighted by Crippen LogP contribution is -1.90. The molecule has 2 aromatic rings. The maximum Gasteiger partial charge on any atom is 0.307 e. The Labute approximate surface area is 106 Å². The Morgan fingerprint density at radius 2 is 2.18 bits per heavy atom. The lowest BCUT2D eigenvalue weighted by Gasteiger charge is -2.10. The molecule has 0 radical (unpaired) electrons. The molecule has 0 amide bonds. The summed E-state index contributed by atoms with van der Waals surface area (Å²) < 4.78 is 5.27. The first-order valence-corrected chi connectivity index (χ1v) is 5.99. The van der Waals surface area contributed by atoms with Crippen molar-refractivity contribution in [2.24, 2.45) is 0 Å². The summed E-state index contributed by atoms with van der Waals surface area (Å²) in [5, 5.41) is 10.2. The summed E-state index contributed by atoms with van der Waals surface area (Å²) in [6.07, 6.45) is 0. The Morgan fingerprint density at radius 3 is 2.71 bits per heavy atom. The topological polar surface area (TPSA) is 62.3 Å². The van der Waals surface area contributed by atoms with E-state index < -0.39 is 0 Å². The summed E-state index contributed by atoms with van der Waals surface area (Å²) in [6, 6.07) is 3.42. The number of aromatic hydroxyl groups is 1. The molecular weight excluding hydrogens is 262 g/mol. The van der Waals surface area contributed by atoms with E-state index in [1.54, 1.807) is 12.1 Å². The molecule has 0 fully saturated rings. The smallest absolute Gasteiger partial charge is 0.307 e. The van der Waals surface area contributed by atoms with Gasteiger partial charge >= 0.3 is 4.87 Å². The van der Waals surface area contributed by atoms with Gasteiger partial charge in [0.1, 0.15) is 10.6 Å². The van der Waals surface area contributed by atoms with Crippen molar-refractivity contribution in [3.05, 3.63) is 32.4 Å². The average molecular weight is 272 g/mol. The van der Waals surface area contributed by atoms with Crippen LogP contribution < -0.4 is 9.61 Å². The highest BCUT2D eigenvalue weighted by molar-refractivity contribution is 7.13. The molecule has 0 unspecified atom stereocenters. The molecule has 0 aliphatic rings.